The van der Waals surface area contributed by atoms with Crippen molar-refractivity contribution < 1.29 is 19.1 Å². The summed E-state index contributed by atoms with van der Waals surface area (Å²) >= 11 is 0. The molecule has 6 heteroatoms. The Morgan fingerprint density at radius 1 is 0.880 bits per heavy atom. The predicted octanol–water partition coefficient (Wildman–Crippen LogP) is 2.18. The summed E-state index contributed by atoms with van der Waals surface area (Å²) in [6, 6.07) is 5.19. The third kappa shape index (κ3) is 3.89. The van der Waals surface area contributed by atoms with Gasteiger partial charge in [-0.25, -0.2) is 0 Å². The van der Waals surface area contributed by atoms with Gasteiger partial charge in [-0.05, 0) is 25.0 Å². The van der Waals surface area contributed by atoms with Gasteiger partial charge >= 0.3 is 0 Å². The van der Waals surface area contributed by atoms with E-state index in [1.807, 2.05) is 4.90 Å². The Morgan fingerprint density at radius 2 is 1.40 bits per heavy atom. The van der Waals surface area contributed by atoms with Gasteiger partial charge in [-0.1, -0.05) is 12.8 Å². The van der Waals surface area contributed by atoms with Crippen LogP contribution in [0.3, 0.4) is 0 Å². The van der Waals surface area contributed by atoms with Crippen molar-refractivity contribution in [1.82, 2.24) is 9.80 Å². The average Bonchev–Trinajstić information content (AvgIpc) is 3.21. The number of carbonyl (C=O) groups excluding carboxylic acids is 2. The molecular formula is C19H26N2O4. The Hall–Kier alpha value is -2.24. The van der Waals surface area contributed by atoms with Crippen LogP contribution in [0.25, 0.3) is 0 Å². The molecular weight excluding hydrogens is 320 g/mol. The van der Waals surface area contributed by atoms with Gasteiger partial charge in [0.2, 0.25) is 5.91 Å². The topological polar surface area (TPSA) is 59.1 Å². The van der Waals surface area contributed by atoms with Gasteiger partial charge in [0.05, 0.1) is 14.2 Å². The quantitative estimate of drug-likeness (QED) is 0.838. The van der Waals surface area contributed by atoms with Crippen LogP contribution in [0.1, 0.15) is 36.0 Å². The van der Waals surface area contributed by atoms with Crippen LogP contribution in [0.4, 0.5) is 0 Å². The highest BCUT2D eigenvalue weighted by molar-refractivity contribution is 5.95. The maximum atomic E-state index is 12.8. The lowest BCUT2D eigenvalue weighted by Gasteiger charge is -2.36. The molecule has 6 nitrogen and oxygen atoms in total. The van der Waals surface area contributed by atoms with E-state index in [-0.39, 0.29) is 17.7 Å². The van der Waals surface area contributed by atoms with Crippen molar-refractivity contribution in [3.63, 3.8) is 0 Å². The highest BCUT2D eigenvalue weighted by atomic mass is 16.5. The smallest absolute Gasteiger partial charge is 0.254 e. The highest BCUT2D eigenvalue weighted by Crippen LogP contribution is 2.27. The fraction of sp³-hybridized carbons (Fsp3) is 0.579. The minimum atomic E-state index is -0.0508. The summed E-state index contributed by atoms with van der Waals surface area (Å²) in [4.78, 5) is 29.0. The number of piperazine rings is 1. The Balaban J connectivity index is 1.62. The van der Waals surface area contributed by atoms with Crippen molar-refractivity contribution in [2.75, 3.05) is 40.4 Å². The van der Waals surface area contributed by atoms with Crippen LogP contribution in [0.2, 0.25) is 0 Å². The molecule has 1 aliphatic heterocycles. The summed E-state index contributed by atoms with van der Waals surface area (Å²) in [6.45, 7) is 2.36. The minimum absolute atomic E-state index is 0.0508. The van der Waals surface area contributed by atoms with Gasteiger partial charge in [0.1, 0.15) is 11.5 Å². The van der Waals surface area contributed by atoms with E-state index in [1.54, 1.807) is 37.3 Å². The molecule has 0 unspecified atom stereocenters. The molecule has 0 spiro atoms. The number of rotatable bonds is 4. The average molecular weight is 346 g/mol. The summed E-state index contributed by atoms with van der Waals surface area (Å²) in [7, 11) is 3.13. The lowest BCUT2D eigenvalue weighted by atomic mass is 10.1. The summed E-state index contributed by atoms with van der Waals surface area (Å²) in [5.41, 5.74) is 0.548. The van der Waals surface area contributed by atoms with E-state index in [9.17, 15) is 9.59 Å². The molecule has 0 aromatic heterocycles. The SMILES string of the molecule is COc1cc(OC)cc(C(=O)N2CCN(C(=O)C3CCCC3)CC2)c1. The second kappa shape index (κ2) is 7.76. The summed E-state index contributed by atoms with van der Waals surface area (Å²) < 4.78 is 10.5. The molecule has 0 N–H and O–H groups in total. The summed E-state index contributed by atoms with van der Waals surface area (Å²) in [5, 5.41) is 0. The maximum Gasteiger partial charge on any atom is 0.254 e. The lowest BCUT2D eigenvalue weighted by Crippen LogP contribution is -2.51. The van der Waals surface area contributed by atoms with Crippen molar-refractivity contribution in [3.05, 3.63) is 23.8 Å². The van der Waals surface area contributed by atoms with Crippen LogP contribution in [0, 0.1) is 5.92 Å². The van der Waals surface area contributed by atoms with Gasteiger partial charge in [0.15, 0.2) is 0 Å². The minimum Gasteiger partial charge on any atom is -0.497 e. The molecule has 1 heterocycles. The molecule has 2 aliphatic rings. The zero-order chi connectivity index (χ0) is 17.8. The summed E-state index contributed by atoms with van der Waals surface area (Å²) in [5.74, 6) is 1.61. The van der Waals surface area contributed by atoms with Crippen LogP contribution in [0.15, 0.2) is 18.2 Å². The van der Waals surface area contributed by atoms with E-state index in [4.69, 9.17) is 9.47 Å². The number of hydrogen-bond donors (Lipinski definition) is 0. The molecule has 1 aliphatic carbocycles. The molecule has 3 rings (SSSR count). The molecule has 136 valence electrons. The largest absolute Gasteiger partial charge is 0.497 e. The fourth-order valence-corrected chi connectivity index (χ4v) is 3.67. The Morgan fingerprint density at radius 3 is 1.92 bits per heavy atom. The summed E-state index contributed by atoms with van der Waals surface area (Å²) in [6.07, 6.45) is 4.35. The third-order valence-corrected chi connectivity index (χ3v) is 5.18. The number of hydrogen-bond acceptors (Lipinski definition) is 4. The van der Waals surface area contributed by atoms with Gasteiger partial charge in [0.25, 0.3) is 5.91 Å². The first kappa shape index (κ1) is 17.6. The van der Waals surface area contributed by atoms with Crippen molar-refractivity contribution in [1.29, 1.82) is 0 Å². The van der Waals surface area contributed by atoms with Gasteiger partial charge in [0, 0.05) is 43.7 Å². The number of amides is 2. The Bertz CT molecular complexity index is 610. The molecule has 2 fully saturated rings. The van der Waals surface area contributed by atoms with Gasteiger partial charge < -0.3 is 19.3 Å². The molecule has 1 aromatic carbocycles. The lowest BCUT2D eigenvalue weighted by molar-refractivity contribution is -0.136. The van der Waals surface area contributed by atoms with Crippen LogP contribution < -0.4 is 9.47 Å². The number of ether oxygens (including phenoxy) is 2. The molecule has 2 amide bonds. The molecule has 1 saturated heterocycles. The Kier molecular flexibility index (Phi) is 5.46. The van der Waals surface area contributed by atoms with Crippen molar-refractivity contribution in [3.8, 4) is 11.5 Å². The number of methoxy groups -OCH3 is 2. The maximum absolute atomic E-state index is 12.8. The van der Waals surface area contributed by atoms with E-state index in [2.05, 4.69) is 0 Å². The van der Waals surface area contributed by atoms with E-state index < -0.39 is 0 Å². The predicted molar refractivity (Wildman–Crippen MR) is 94.0 cm³/mol. The van der Waals surface area contributed by atoms with Crippen molar-refractivity contribution >= 4 is 11.8 Å². The fourth-order valence-electron chi connectivity index (χ4n) is 3.67. The Labute approximate surface area is 148 Å². The van der Waals surface area contributed by atoms with Crippen LogP contribution in [-0.2, 0) is 4.79 Å². The first-order valence-corrected chi connectivity index (χ1v) is 8.93. The number of benzene rings is 1. The normalized spacial score (nSPS) is 18.3. The van der Waals surface area contributed by atoms with Gasteiger partial charge in [-0.3, -0.25) is 9.59 Å². The van der Waals surface area contributed by atoms with Crippen LogP contribution >= 0.6 is 0 Å². The van der Waals surface area contributed by atoms with Crippen molar-refractivity contribution in [2.24, 2.45) is 5.92 Å². The second-order valence-corrected chi connectivity index (χ2v) is 6.70. The van der Waals surface area contributed by atoms with E-state index in [0.29, 0.717) is 43.2 Å². The first-order valence-electron chi connectivity index (χ1n) is 8.93. The van der Waals surface area contributed by atoms with Crippen LogP contribution in [-0.4, -0.2) is 62.0 Å². The van der Waals surface area contributed by atoms with Crippen LogP contribution in [0.5, 0.6) is 11.5 Å². The molecule has 1 saturated carbocycles. The zero-order valence-corrected chi connectivity index (χ0v) is 15.0. The second-order valence-electron chi connectivity index (χ2n) is 6.70. The molecule has 25 heavy (non-hydrogen) atoms. The first-order chi connectivity index (χ1) is 12.1. The molecule has 0 radical (unpaired) electrons. The van der Waals surface area contributed by atoms with E-state index in [1.165, 1.54) is 0 Å². The number of carbonyl (C=O) groups is 2. The van der Waals surface area contributed by atoms with E-state index >= 15 is 0 Å². The van der Waals surface area contributed by atoms with E-state index in [0.717, 1.165) is 25.7 Å². The van der Waals surface area contributed by atoms with Gasteiger partial charge in [-0.15, -0.1) is 0 Å². The van der Waals surface area contributed by atoms with Crippen molar-refractivity contribution in [2.45, 2.75) is 25.7 Å². The van der Waals surface area contributed by atoms with Gasteiger partial charge in [-0.2, -0.15) is 0 Å². The standard InChI is InChI=1S/C19H26N2O4/c1-24-16-11-15(12-17(13-16)25-2)19(23)21-9-7-20(8-10-21)18(22)14-5-3-4-6-14/h11-14H,3-10H2,1-2H3. The molecule has 1 aromatic rings. The monoisotopic (exact) mass is 346 g/mol. The zero-order valence-electron chi connectivity index (χ0n) is 15.0. The number of nitrogens with zero attached hydrogens (tertiary/aromatic N) is 2. The molecule has 0 bridgehead atoms. The molecule has 0 atom stereocenters. The third-order valence-electron chi connectivity index (χ3n) is 5.18. The highest BCUT2D eigenvalue weighted by Gasteiger charge is 2.30.